The second-order valence-electron chi connectivity index (χ2n) is 4.64. The zero-order valence-corrected chi connectivity index (χ0v) is 12.7. The van der Waals surface area contributed by atoms with E-state index >= 15 is 0 Å². The van der Waals surface area contributed by atoms with Gasteiger partial charge in [0.05, 0.1) is 23.6 Å². The molecule has 0 atom stereocenters. The van der Waals surface area contributed by atoms with Gasteiger partial charge < -0.3 is 0 Å². The third kappa shape index (κ3) is 2.33. The Bertz CT molecular complexity index is 936. The molecule has 0 bridgehead atoms. The smallest absolute Gasteiger partial charge is 0.263 e. The van der Waals surface area contributed by atoms with Crippen LogP contribution in [0.2, 0.25) is 5.28 Å². The zero-order valence-electron chi connectivity index (χ0n) is 11.1. The molecule has 4 nitrogen and oxygen atoms in total. The first-order valence-corrected chi connectivity index (χ1v) is 7.49. The summed E-state index contributed by atoms with van der Waals surface area (Å²) in [6, 6.07) is 9.27. The molecule has 104 valence electrons. The standard InChI is InChI=1S/C15H10ClN3OS/c1-9-8-21-13-12(9)14(20)19(15(16)18-13)7-11-5-3-2-4-10(11)6-17/h2-5,8H,7H2,1H3. The first-order chi connectivity index (χ1) is 10.1. The highest BCUT2D eigenvalue weighted by Gasteiger charge is 2.14. The molecule has 0 radical (unpaired) electrons. The quantitative estimate of drug-likeness (QED) is 0.681. The van der Waals surface area contributed by atoms with Gasteiger partial charge in [0.2, 0.25) is 5.28 Å². The van der Waals surface area contributed by atoms with E-state index < -0.39 is 0 Å². The van der Waals surface area contributed by atoms with Gasteiger partial charge >= 0.3 is 0 Å². The van der Waals surface area contributed by atoms with Gasteiger partial charge in [0, 0.05) is 0 Å². The Morgan fingerprint density at radius 3 is 2.95 bits per heavy atom. The summed E-state index contributed by atoms with van der Waals surface area (Å²) in [6.07, 6.45) is 0. The van der Waals surface area contributed by atoms with Crippen LogP contribution >= 0.6 is 22.9 Å². The van der Waals surface area contributed by atoms with Crippen LogP contribution in [0.4, 0.5) is 0 Å². The molecule has 0 aliphatic heterocycles. The molecule has 0 saturated carbocycles. The van der Waals surface area contributed by atoms with Crippen molar-refractivity contribution in [3.05, 3.63) is 62.0 Å². The van der Waals surface area contributed by atoms with E-state index in [4.69, 9.17) is 16.9 Å². The Labute approximate surface area is 129 Å². The monoisotopic (exact) mass is 315 g/mol. The molecule has 1 aromatic carbocycles. The van der Waals surface area contributed by atoms with Crippen molar-refractivity contribution in [1.29, 1.82) is 5.26 Å². The molecule has 21 heavy (non-hydrogen) atoms. The lowest BCUT2D eigenvalue weighted by atomic mass is 10.1. The van der Waals surface area contributed by atoms with Crippen molar-refractivity contribution in [2.45, 2.75) is 13.5 Å². The highest BCUT2D eigenvalue weighted by atomic mass is 35.5. The zero-order chi connectivity index (χ0) is 15.0. The van der Waals surface area contributed by atoms with Crippen LogP contribution in [0.3, 0.4) is 0 Å². The van der Waals surface area contributed by atoms with Crippen LogP contribution in [-0.2, 0) is 6.54 Å². The maximum Gasteiger partial charge on any atom is 0.263 e. The van der Waals surface area contributed by atoms with Gasteiger partial charge in [-0.15, -0.1) is 11.3 Å². The summed E-state index contributed by atoms with van der Waals surface area (Å²) in [5.41, 5.74) is 2.00. The predicted octanol–water partition coefficient (Wildman–Crippen LogP) is 3.34. The number of aryl methyl sites for hydroxylation is 1. The fraction of sp³-hybridized carbons (Fsp3) is 0.133. The molecule has 2 heterocycles. The third-order valence-corrected chi connectivity index (χ3v) is 4.58. The minimum Gasteiger partial charge on any atom is -0.278 e. The fourth-order valence-corrected chi connectivity index (χ4v) is 3.39. The van der Waals surface area contributed by atoms with Crippen LogP contribution in [0.15, 0.2) is 34.4 Å². The van der Waals surface area contributed by atoms with Crippen LogP contribution < -0.4 is 5.56 Å². The molecule has 3 rings (SSSR count). The van der Waals surface area contributed by atoms with Crippen molar-refractivity contribution >= 4 is 33.2 Å². The van der Waals surface area contributed by atoms with E-state index in [-0.39, 0.29) is 17.4 Å². The maximum atomic E-state index is 12.6. The minimum atomic E-state index is -0.170. The summed E-state index contributed by atoms with van der Waals surface area (Å²) in [4.78, 5) is 17.5. The average Bonchev–Trinajstić information content (AvgIpc) is 2.85. The van der Waals surface area contributed by atoms with E-state index in [0.29, 0.717) is 15.8 Å². The molecular weight excluding hydrogens is 306 g/mol. The van der Waals surface area contributed by atoms with E-state index in [9.17, 15) is 4.79 Å². The third-order valence-electron chi connectivity index (χ3n) is 3.30. The molecule has 3 aromatic rings. The minimum absolute atomic E-state index is 0.141. The molecular formula is C15H10ClN3OS. The van der Waals surface area contributed by atoms with Crippen molar-refractivity contribution < 1.29 is 0 Å². The number of nitriles is 1. The van der Waals surface area contributed by atoms with E-state index in [0.717, 1.165) is 11.1 Å². The van der Waals surface area contributed by atoms with E-state index in [1.807, 2.05) is 24.4 Å². The number of halogens is 1. The number of rotatable bonds is 2. The average molecular weight is 316 g/mol. The van der Waals surface area contributed by atoms with Gasteiger partial charge in [0.1, 0.15) is 4.83 Å². The number of benzene rings is 1. The van der Waals surface area contributed by atoms with Gasteiger partial charge in [-0.2, -0.15) is 5.26 Å². The topological polar surface area (TPSA) is 58.7 Å². The number of aromatic nitrogens is 2. The number of thiophene rings is 1. The largest absolute Gasteiger partial charge is 0.278 e. The van der Waals surface area contributed by atoms with E-state index in [1.165, 1.54) is 15.9 Å². The first-order valence-electron chi connectivity index (χ1n) is 6.24. The van der Waals surface area contributed by atoms with Gasteiger partial charge in [-0.3, -0.25) is 9.36 Å². The van der Waals surface area contributed by atoms with Crippen molar-refractivity contribution in [2.75, 3.05) is 0 Å². The normalized spacial score (nSPS) is 10.7. The Morgan fingerprint density at radius 2 is 2.19 bits per heavy atom. The molecule has 0 N–H and O–H groups in total. The SMILES string of the molecule is Cc1csc2nc(Cl)n(Cc3ccccc3C#N)c(=O)c12. The molecule has 2 aromatic heterocycles. The van der Waals surface area contributed by atoms with Crippen LogP contribution in [0.1, 0.15) is 16.7 Å². The van der Waals surface area contributed by atoms with Crippen molar-refractivity contribution in [3.8, 4) is 6.07 Å². The maximum absolute atomic E-state index is 12.6. The Hall–Kier alpha value is -2.16. The lowest BCUT2D eigenvalue weighted by Gasteiger charge is -2.09. The van der Waals surface area contributed by atoms with Gasteiger partial charge in [0.15, 0.2) is 0 Å². The lowest BCUT2D eigenvalue weighted by molar-refractivity contribution is 0.749. The van der Waals surface area contributed by atoms with Crippen LogP contribution in [0.5, 0.6) is 0 Å². The second-order valence-corrected chi connectivity index (χ2v) is 5.84. The number of nitrogens with zero attached hydrogens (tertiary/aromatic N) is 3. The van der Waals surface area contributed by atoms with Crippen LogP contribution in [0.25, 0.3) is 10.2 Å². The molecule has 0 aliphatic rings. The Balaban J connectivity index is 2.19. The number of hydrogen-bond acceptors (Lipinski definition) is 4. The summed E-state index contributed by atoms with van der Waals surface area (Å²) in [5, 5.41) is 11.8. The highest BCUT2D eigenvalue weighted by Crippen LogP contribution is 2.22. The van der Waals surface area contributed by atoms with Crippen LogP contribution in [-0.4, -0.2) is 9.55 Å². The molecule has 0 spiro atoms. The fourth-order valence-electron chi connectivity index (χ4n) is 2.21. The predicted molar refractivity (Wildman–Crippen MR) is 83.9 cm³/mol. The molecule has 6 heteroatoms. The summed E-state index contributed by atoms with van der Waals surface area (Å²) in [6.45, 7) is 2.11. The Morgan fingerprint density at radius 1 is 1.43 bits per heavy atom. The first kappa shape index (κ1) is 13.8. The molecule has 0 amide bonds. The number of hydrogen-bond donors (Lipinski definition) is 0. The number of fused-ring (bicyclic) bond motifs is 1. The Kier molecular flexibility index (Phi) is 3.50. The second kappa shape index (κ2) is 5.32. The van der Waals surface area contributed by atoms with Crippen molar-refractivity contribution in [3.63, 3.8) is 0 Å². The molecule has 0 saturated heterocycles. The van der Waals surface area contributed by atoms with Crippen molar-refractivity contribution in [2.24, 2.45) is 0 Å². The molecule has 0 unspecified atom stereocenters. The highest BCUT2D eigenvalue weighted by molar-refractivity contribution is 7.16. The molecule has 0 aliphatic carbocycles. The summed E-state index contributed by atoms with van der Waals surface area (Å²) in [7, 11) is 0. The van der Waals surface area contributed by atoms with Gasteiger partial charge in [0.25, 0.3) is 5.56 Å². The summed E-state index contributed by atoms with van der Waals surface area (Å²) >= 11 is 7.54. The molecule has 0 fully saturated rings. The van der Waals surface area contributed by atoms with E-state index in [2.05, 4.69) is 11.1 Å². The van der Waals surface area contributed by atoms with Gasteiger partial charge in [-0.25, -0.2) is 4.98 Å². The van der Waals surface area contributed by atoms with E-state index in [1.54, 1.807) is 12.1 Å². The van der Waals surface area contributed by atoms with Gasteiger partial charge in [-0.1, -0.05) is 18.2 Å². The summed E-state index contributed by atoms with van der Waals surface area (Å²) < 4.78 is 1.40. The summed E-state index contributed by atoms with van der Waals surface area (Å²) in [5.74, 6) is 0. The lowest BCUT2D eigenvalue weighted by Crippen LogP contribution is -2.23. The van der Waals surface area contributed by atoms with Crippen LogP contribution in [0, 0.1) is 18.3 Å². The van der Waals surface area contributed by atoms with Crippen molar-refractivity contribution in [1.82, 2.24) is 9.55 Å². The van der Waals surface area contributed by atoms with Gasteiger partial charge in [-0.05, 0) is 41.1 Å².